The number of hydrogen-bond donors (Lipinski definition) is 0. The third-order valence-corrected chi connectivity index (χ3v) is 6.32. The van der Waals surface area contributed by atoms with E-state index in [1.54, 1.807) is 0 Å². The lowest BCUT2D eigenvalue weighted by atomic mass is 9.80. The number of benzene rings is 1. The molecule has 3 fully saturated rings. The van der Waals surface area contributed by atoms with Gasteiger partial charge in [-0.3, -0.25) is 4.90 Å². The van der Waals surface area contributed by atoms with Gasteiger partial charge in [-0.15, -0.1) is 0 Å². The summed E-state index contributed by atoms with van der Waals surface area (Å²) in [6.45, 7) is 8.14. The normalized spacial score (nSPS) is 41.0. The summed E-state index contributed by atoms with van der Waals surface area (Å²) in [5.74, 6) is 2.53. The van der Waals surface area contributed by atoms with Crippen LogP contribution in [-0.2, 0) is 11.3 Å². The van der Waals surface area contributed by atoms with Crippen LogP contribution >= 0.6 is 0 Å². The van der Waals surface area contributed by atoms with Crippen molar-refractivity contribution in [3.05, 3.63) is 35.9 Å². The smallest absolute Gasteiger partial charge is 0.0752 e. The third-order valence-electron chi connectivity index (χ3n) is 6.32. The molecule has 1 aliphatic carbocycles. The Labute approximate surface area is 130 Å². The first-order chi connectivity index (χ1) is 9.69. The molecule has 1 aromatic rings. The van der Waals surface area contributed by atoms with Crippen LogP contribution in [0.3, 0.4) is 0 Å². The largest absolute Gasteiger partial charge is 0.372 e. The van der Waals surface area contributed by atoms with Crippen molar-refractivity contribution in [2.24, 2.45) is 17.8 Å². The molecule has 3 radical (unpaired) electrons. The maximum absolute atomic E-state index is 6.31. The average Bonchev–Trinajstić information content (AvgIpc) is 3.02. The molecular weight excluding hydrogens is 257 g/mol. The highest BCUT2D eigenvalue weighted by atomic mass is 16.5. The first-order valence-corrected chi connectivity index (χ1v) is 8.10. The van der Waals surface area contributed by atoms with Gasteiger partial charge in [0.1, 0.15) is 0 Å². The predicted octanol–water partition coefficient (Wildman–Crippen LogP) is 2.94. The maximum atomic E-state index is 6.31. The van der Waals surface area contributed by atoms with Crippen molar-refractivity contribution in [3.63, 3.8) is 0 Å². The highest BCUT2D eigenvalue weighted by Crippen LogP contribution is 2.57. The zero-order chi connectivity index (χ0) is 13.7. The zero-order valence-corrected chi connectivity index (χ0v) is 13.2. The van der Waals surface area contributed by atoms with Gasteiger partial charge in [0.05, 0.1) is 12.7 Å². The lowest BCUT2D eigenvalue weighted by molar-refractivity contribution is 0.0160. The molecule has 2 heterocycles. The van der Waals surface area contributed by atoms with Gasteiger partial charge < -0.3 is 4.74 Å². The SMILES string of the molecule is C[C@@H]1CN2C[C@H](OCc3ccccc3)[C@H]3CC[C@@H]1[C@]32C.[B]. The molecule has 5 atom stereocenters. The standard InChI is InChI=1S/C18H25NO.B/c1-13-10-19-11-17(16-9-8-15(13)18(16,19)2)20-12-14-6-4-3-5-7-14;/h3-7,13,15-17H,8-12H2,1-2H3;/t13-,15+,16-,17+,18-;/m1./s1. The molecule has 2 saturated heterocycles. The Morgan fingerprint density at radius 1 is 1.14 bits per heavy atom. The zero-order valence-electron chi connectivity index (χ0n) is 13.2. The van der Waals surface area contributed by atoms with Gasteiger partial charge in [0.25, 0.3) is 0 Å². The van der Waals surface area contributed by atoms with Crippen LogP contribution < -0.4 is 0 Å². The van der Waals surface area contributed by atoms with Gasteiger partial charge in [-0.1, -0.05) is 37.3 Å². The lowest BCUT2D eigenvalue weighted by Crippen LogP contribution is -2.41. The second kappa shape index (κ2) is 5.44. The molecule has 0 amide bonds. The quantitative estimate of drug-likeness (QED) is 0.790. The van der Waals surface area contributed by atoms with Crippen molar-refractivity contribution < 1.29 is 4.74 Å². The molecule has 0 spiro atoms. The van der Waals surface area contributed by atoms with E-state index in [0.717, 1.165) is 30.9 Å². The molecule has 0 aromatic heterocycles. The maximum Gasteiger partial charge on any atom is 0.0752 e. The Morgan fingerprint density at radius 3 is 2.62 bits per heavy atom. The Hall–Kier alpha value is -0.795. The first kappa shape index (κ1) is 15.1. The van der Waals surface area contributed by atoms with Crippen molar-refractivity contribution in [1.29, 1.82) is 0 Å². The van der Waals surface area contributed by atoms with Crippen LogP contribution in [0.5, 0.6) is 0 Å². The Kier molecular flexibility index (Phi) is 3.92. The summed E-state index contributed by atoms with van der Waals surface area (Å²) in [5.41, 5.74) is 1.73. The fourth-order valence-corrected chi connectivity index (χ4v) is 5.34. The molecular formula is C18H25BNO. The highest BCUT2D eigenvalue weighted by molar-refractivity contribution is 5.75. The second-order valence-corrected chi connectivity index (χ2v) is 7.23. The number of ether oxygens (including phenoxy) is 1. The topological polar surface area (TPSA) is 12.5 Å². The fourth-order valence-electron chi connectivity index (χ4n) is 5.34. The second-order valence-electron chi connectivity index (χ2n) is 7.23. The van der Waals surface area contributed by atoms with Gasteiger partial charge >= 0.3 is 0 Å². The van der Waals surface area contributed by atoms with E-state index in [2.05, 4.69) is 49.1 Å². The molecule has 3 aliphatic rings. The van der Waals surface area contributed by atoms with Crippen LogP contribution in [0, 0.1) is 17.8 Å². The molecule has 1 aromatic carbocycles. The van der Waals surface area contributed by atoms with Gasteiger partial charge in [0, 0.05) is 33.0 Å². The Bertz CT molecular complexity index is 493. The Balaban J connectivity index is 0.00000132. The van der Waals surface area contributed by atoms with Crippen LogP contribution in [0.2, 0.25) is 0 Å². The van der Waals surface area contributed by atoms with E-state index in [4.69, 9.17) is 4.74 Å². The average molecular weight is 282 g/mol. The van der Waals surface area contributed by atoms with Crippen LogP contribution in [0.25, 0.3) is 0 Å². The molecule has 111 valence electrons. The molecule has 4 rings (SSSR count). The van der Waals surface area contributed by atoms with Crippen molar-refractivity contribution in [3.8, 4) is 0 Å². The van der Waals surface area contributed by atoms with Gasteiger partial charge in [-0.05, 0) is 37.2 Å². The van der Waals surface area contributed by atoms with Gasteiger partial charge in [0.2, 0.25) is 0 Å². The van der Waals surface area contributed by atoms with Crippen molar-refractivity contribution in [2.45, 2.75) is 44.9 Å². The van der Waals surface area contributed by atoms with Crippen molar-refractivity contribution in [2.75, 3.05) is 13.1 Å². The summed E-state index contributed by atoms with van der Waals surface area (Å²) in [6.07, 6.45) is 3.21. The van der Waals surface area contributed by atoms with Gasteiger partial charge in [-0.25, -0.2) is 0 Å². The van der Waals surface area contributed by atoms with E-state index in [9.17, 15) is 0 Å². The van der Waals surface area contributed by atoms with E-state index in [0.29, 0.717) is 11.6 Å². The molecule has 0 bridgehead atoms. The van der Waals surface area contributed by atoms with E-state index >= 15 is 0 Å². The van der Waals surface area contributed by atoms with Crippen molar-refractivity contribution >= 4 is 8.41 Å². The van der Waals surface area contributed by atoms with Crippen LogP contribution in [-0.4, -0.2) is 38.0 Å². The van der Waals surface area contributed by atoms with E-state index in [1.807, 2.05) is 0 Å². The summed E-state index contributed by atoms with van der Waals surface area (Å²) < 4.78 is 6.31. The van der Waals surface area contributed by atoms with Crippen LogP contribution in [0.4, 0.5) is 0 Å². The first-order valence-electron chi connectivity index (χ1n) is 8.10. The predicted molar refractivity (Wildman–Crippen MR) is 86.1 cm³/mol. The molecule has 2 aliphatic heterocycles. The molecule has 3 heteroatoms. The monoisotopic (exact) mass is 282 g/mol. The minimum atomic E-state index is 0. The van der Waals surface area contributed by atoms with Crippen molar-refractivity contribution in [1.82, 2.24) is 4.90 Å². The minimum absolute atomic E-state index is 0. The molecule has 2 nitrogen and oxygen atoms in total. The van der Waals surface area contributed by atoms with E-state index in [1.165, 1.54) is 24.9 Å². The van der Waals surface area contributed by atoms with E-state index < -0.39 is 0 Å². The number of nitrogens with zero attached hydrogens (tertiary/aromatic N) is 1. The lowest BCUT2D eigenvalue weighted by Gasteiger charge is -2.32. The molecule has 0 unspecified atom stereocenters. The number of rotatable bonds is 3. The van der Waals surface area contributed by atoms with Gasteiger partial charge in [0.15, 0.2) is 0 Å². The summed E-state index contributed by atoms with van der Waals surface area (Å²) in [7, 11) is 0. The molecule has 21 heavy (non-hydrogen) atoms. The molecule has 0 N–H and O–H groups in total. The minimum Gasteiger partial charge on any atom is -0.372 e. The summed E-state index contributed by atoms with van der Waals surface area (Å²) in [4.78, 5) is 2.73. The van der Waals surface area contributed by atoms with Crippen LogP contribution in [0.1, 0.15) is 32.3 Å². The molecule has 1 saturated carbocycles. The summed E-state index contributed by atoms with van der Waals surface area (Å²) >= 11 is 0. The summed E-state index contributed by atoms with van der Waals surface area (Å²) in [5, 5.41) is 0. The fraction of sp³-hybridized carbons (Fsp3) is 0.667. The number of hydrogen-bond acceptors (Lipinski definition) is 2. The van der Waals surface area contributed by atoms with E-state index in [-0.39, 0.29) is 8.41 Å². The third kappa shape index (κ3) is 2.17. The highest BCUT2D eigenvalue weighted by Gasteiger charge is 2.63. The van der Waals surface area contributed by atoms with Gasteiger partial charge in [-0.2, -0.15) is 0 Å². The van der Waals surface area contributed by atoms with Crippen LogP contribution in [0.15, 0.2) is 30.3 Å². The summed E-state index contributed by atoms with van der Waals surface area (Å²) in [6, 6.07) is 10.6. The Morgan fingerprint density at radius 2 is 1.86 bits per heavy atom.